The smallest absolute Gasteiger partial charge is 0.227 e. The van der Waals surface area contributed by atoms with Crippen molar-refractivity contribution in [1.82, 2.24) is 35.0 Å². The fourth-order valence-electron chi connectivity index (χ4n) is 5.18. The number of pyridine rings is 3. The number of rotatable bonds is 9. The Bertz CT molecular complexity index is 1980. The van der Waals surface area contributed by atoms with Gasteiger partial charge in [0.25, 0.3) is 0 Å². The fraction of sp³-hybridized carbons (Fsp3) is 0.219. The number of amides is 1. The molecule has 1 saturated carbocycles. The van der Waals surface area contributed by atoms with E-state index in [-0.39, 0.29) is 17.6 Å². The second kappa shape index (κ2) is 10.9. The molecular weight excluding hydrogens is 545 g/mol. The van der Waals surface area contributed by atoms with E-state index < -0.39 is 0 Å². The standard InChI is InChI=1S/C32H30FN9O/c1-42(2)8-7-35-22-10-19(9-21(33)12-22)30-24-14-28(39-26(24)5-6-36-30)31-25-13-27(37-17-29(25)40-41-31)20-11-23(16-34-15-20)38-32(43)18-3-4-18/h5-6,9-18,35,39H,3-4,7-8H2,1-2H3,(H,38,43)(H,40,41). The van der Waals surface area contributed by atoms with Crippen molar-refractivity contribution in [3.05, 3.63) is 73.1 Å². The molecule has 1 aliphatic carbocycles. The van der Waals surface area contributed by atoms with Crippen LogP contribution in [0, 0.1) is 11.7 Å². The van der Waals surface area contributed by atoms with E-state index in [1.54, 1.807) is 24.8 Å². The number of carbonyl (C=O) groups is 1. The first-order chi connectivity index (χ1) is 20.9. The van der Waals surface area contributed by atoms with Crippen molar-refractivity contribution in [2.45, 2.75) is 12.8 Å². The number of hydrogen-bond acceptors (Lipinski definition) is 7. The number of carbonyl (C=O) groups excluding carboxylic acids is 1. The summed E-state index contributed by atoms with van der Waals surface area (Å²) in [6, 6.07) is 12.6. The fourth-order valence-corrected chi connectivity index (χ4v) is 5.18. The summed E-state index contributed by atoms with van der Waals surface area (Å²) in [4.78, 5) is 31.3. The van der Waals surface area contributed by atoms with E-state index >= 15 is 0 Å². The topological polar surface area (TPSA) is 128 Å². The minimum atomic E-state index is -0.330. The maximum absolute atomic E-state index is 14.7. The third-order valence-electron chi connectivity index (χ3n) is 7.56. The van der Waals surface area contributed by atoms with E-state index in [9.17, 15) is 9.18 Å². The third-order valence-corrected chi connectivity index (χ3v) is 7.56. The van der Waals surface area contributed by atoms with Crippen LogP contribution in [0.15, 0.2) is 67.3 Å². The molecule has 6 aromatic rings. The molecule has 0 saturated heterocycles. The minimum absolute atomic E-state index is 0.0298. The first-order valence-corrected chi connectivity index (χ1v) is 14.2. The van der Waals surface area contributed by atoms with Crippen LogP contribution in [0.3, 0.4) is 0 Å². The number of anilines is 2. The van der Waals surface area contributed by atoms with Crippen LogP contribution in [0.5, 0.6) is 0 Å². The molecule has 216 valence electrons. The summed E-state index contributed by atoms with van der Waals surface area (Å²) in [6.45, 7) is 1.52. The molecule has 0 spiro atoms. The van der Waals surface area contributed by atoms with Gasteiger partial charge in [-0.3, -0.25) is 24.8 Å². The maximum atomic E-state index is 14.7. The van der Waals surface area contributed by atoms with Gasteiger partial charge in [-0.05, 0) is 69.4 Å². The zero-order valence-electron chi connectivity index (χ0n) is 23.8. The Kier molecular flexibility index (Phi) is 6.78. The van der Waals surface area contributed by atoms with Crippen LogP contribution in [-0.2, 0) is 4.79 Å². The van der Waals surface area contributed by atoms with Gasteiger partial charge in [-0.25, -0.2) is 4.39 Å². The molecule has 1 aromatic carbocycles. The van der Waals surface area contributed by atoms with E-state index in [1.807, 2.05) is 44.4 Å². The quantitative estimate of drug-likeness (QED) is 0.174. The Morgan fingerprint density at radius 1 is 0.953 bits per heavy atom. The molecule has 5 heterocycles. The van der Waals surface area contributed by atoms with Gasteiger partial charge >= 0.3 is 0 Å². The lowest BCUT2D eigenvalue weighted by molar-refractivity contribution is -0.117. The first kappa shape index (κ1) is 26.7. The largest absolute Gasteiger partial charge is 0.384 e. The van der Waals surface area contributed by atoms with E-state index in [0.717, 1.165) is 58.1 Å². The zero-order valence-corrected chi connectivity index (χ0v) is 23.8. The first-order valence-electron chi connectivity index (χ1n) is 14.2. The van der Waals surface area contributed by atoms with Crippen LogP contribution in [0.2, 0.25) is 0 Å². The Morgan fingerprint density at radius 2 is 1.79 bits per heavy atom. The second-order valence-electron chi connectivity index (χ2n) is 11.2. The highest BCUT2D eigenvalue weighted by molar-refractivity contribution is 6.01. The van der Waals surface area contributed by atoms with Gasteiger partial charge < -0.3 is 20.5 Å². The summed E-state index contributed by atoms with van der Waals surface area (Å²) in [5.74, 6) is -0.197. The minimum Gasteiger partial charge on any atom is -0.384 e. The average molecular weight is 576 g/mol. The van der Waals surface area contributed by atoms with Crippen molar-refractivity contribution in [2.75, 3.05) is 37.8 Å². The molecule has 0 atom stereocenters. The molecule has 11 heteroatoms. The molecule has 1 aliphatic rings. The molecule has 1 amide bonds. The summed E-state index contributed by atoms with van der Waals surface area (Å²) in [7, 11) is 4.00. The van der Waals surface area contributed by atoms with Gasteiger partial charge in [0, 0.05) is 64.5 Å². The molecule has 43 heavy (non-hydrogen) atoms. The predicted molar refractivity (Wildman–Crippen MR) is 166 cm³/mol. The Morgan fingerprint density at radius 3 is 2.63 bits per heavy atom. The van der Waals surface area contributed by atoms with Crippen molar-refractivity contribution >= 4 is 39.1 Å². The third kappa shape index (κ3) is 5.54. The van der Waals surface area contributed by atoms with Crippen molar-refractivity contribution in [3.8, 4) is 33.9 Å². The van der Waals surface area contributed by atoms with Crippen LogP contribution in [0.25, 0.3) is 55.7 Å². The normalized spacial score (nSPS) is 13.2. The van der Waals surface area contributed by atoms with E-state index in [0.29, 0.717) is 34.9 Å². The number of nitrogens with one attached hydrogen (secondary N) is 4. The summed E-state index contributed by atoms with van der Waals surface area (Å²) in [5.41, 5.74) is 7.35. The molecule has 0 bridgehead atoms. The van der Waals surface area contributed by atoms with Crippen LogP contribution in [-0.4, -0.2) is 68.1 Å². The van der Waals surface area contributed by atoms with Crippen LogP contribution >= 0.6 is 0 Å². The summed E-state index contributed by atoms with van der Waals surface area (Å²) in [5, 5.41) is 15.6. The molecular formula is C32H30FN9O. The number of likely N-dealkylation sites (N-methyl/N-ethyl adjacent to an activating group) is 1. The van der Waals surface area contributed by atoms with Gasteiger partial charge in [-0.1, -0.05) is 0 Å². The van der Waals surface area contributed by atoms with E-state index in [4.69, 9.17) is 0 Å². The van der Waals surface area contributed by atoms with Gasteiger partial charge in [0.05, 0.1) is 40.7 Å². The van der Waals surface area contributed by atoms with Crippen molar-refractivity contribution < 1.29 is 9.18 Å². The van der Waals surface area contributed by atoms with E-state index in [2.05, 4.69) is 45.7 Å². The molecule has 10 nitrogen and oxygen atoms in total. The Balaban J connectivity index is 1.23. The van der Waals surface area contributed by atoms with Crippen molar-refractivity contribution in [2.24, 2.45) is 5.92 Å². The van der Waals surface area contributed by atoms with Crippen molar-refractivity contribution in [1.29, 1.82) is 0 Å². The lowest BCUT2D eigenvalue weighted by atomic mass is 10.1. The second-order valence-corrected chi connectivity index (χ2v) is 11.2. The zero-order chi connectivity index (χ0) is 29.5. The number of aromatic amines is 2. The molecule has 0 aliphatic heterocycles. The molecule has 4 N–H and O–H groups in total. The monoisotopic (exact) mass is 575 g/mol. The highest BCUT2D eigenvalue weighted by atomic mass is 19.1. The highest BCUT2D eigenvalue weighted by Crippen LogP contribution is 2.35. The number of halogens is 1. The van der Waals surface area contributed by atoms with Crippen LogP contribution < -0.4 is 10.6 Å². The molecule has 0 radical (unpaired) electrons. The number of aromatic nitrogens is 6. The van der Waals surface area contributed by atoms with Gasteiger partial charge in [0.2, 0.25) is 5.91 Å². The summed E-state index contributed by atoms with van der Waals surface area (Å²) in [6.07, 6.45) is 8.69. The lowest BCUT2D eigenvalue weighted by Gasteiger charge is -2.12. The van der Waals surface area contributed by atoms with Gasteiger partial charge in [-0.15, -0.1) is 0 Å². The Hall–Kier alpha value is -5.16. The van der Waals surface area contributed by atoms with E-state index in [1.165, 1.54) is 12.1 Å². The van der Waals surface area contributed by atoms with Crippen LogP contribution in [0.4, 0.5) is 15.8 Å². The highest BCUT2D eigenvalue weighted by Gasteiger charge is 2.29. The summed E-state index contributed by atoms with van der Waals surface area (Å²) < 4.78 is 14.7. The maximum Gasteiger partial charge on any atom is 0.227 e. The van der Waals surface area contributed by atoms with Crippen LogP contribution in [0.1, 0.15) is 12.8 Å². The average Bonchev–Trinajstić information content (AvgIpc) is 3.62. The number of benzene rings is 1. The van der Waals surface area contributed by atoms with Crippen molar-refractivity contribution in [3.63, 3.8) is 0 Å². The molecule has 5 aromatic heterocycles. The Labute approximate surface area is 246 Å². The molecule has 1 fully saturated rings. The van der Waals surface area contributed by atoms with Gasteiger partial charge in [0.15, 0.2) is 0 Å². The summed E-state index contributed by atoms with van der Waals surface area (Å²) >= 11 is 0. The number of hydrogen-bond donors (Lipinski definition) is 4. The predicted octanol–water partition coefficient (Wildman–Crippen LogP) is 5.69. The van der Waals surface area contributed by atoms with Gasteiger partial charge in [-0.2, -0.15) is 5.10 Å². The van der Waals surface area contributed by atoms with Gasteiger partial charge in [0.1, 0.15) is 11.5 Å². The lowest BCUT2D eigenvalue weighted by Crippen LogP contribution is -2.20. The SMILES string of the molecule is CN(C)CCNc1cc(F)cc(-c2nccc3[nH]c(-c4n[nH]c5cnc(-c6cncc(NC(=O)C7CC7)c6)cc45)cc23)c1. The molecule has 7 rings (SSSR count). The number of fused-ring (bicyclic) bond motifs is 2. The number of H-pyrrole nitrogens is 2. The number of nitrogens with zero attached hydrogens (tertiary/aromatic N) is 5. The molecule has 0 unspecified atom stereocenters.